The van der Waals surface area contributed by atoms with Gasteiger partial charge in [-0.15, -0.1) is 0 Å². The molecule has 0 atom stereocenters. The molecule has 0 fully saturated rings. The van der Waals surface area contributed by atoms with Gasteiger partial charge in [0.15, 0.2) is 0 Å². The Bertz CT molecular complexity index is 723. The number of hydrogen-bond acceptors (Lipinski definition) is 5. The molecule has 0 aliphatic carbocycles. The van der Waals surface area contributed by atoms with E-state index in [0.717, 1.165) is 24.2 Å². The molecular weight excluding hydrogens is 330 g/mol. The van der Waals surface area contributed by atoms with E-state index < -0.39 is 0 Å². The number of benzene rings is 1. The zero-order valence-corrected chi connectivity index (χ0v) is 15.4. The molecule has 0 spiro atoms. The molecule has 1 amide bonds. The molecule has 0 aliphatic rings. The van der Waals surface area contributed by atoms with Gasteiger partial charge in [-0.2, -0.15) is 0 Å². The first-order valence-corrected chi connectivity index (χ1v) is 8.88. The van der Waals surface area contributed by atoms with Gasteiger partial charge in [-0.1, -0.05) is 13.8 Å². The first-order valence-electron chi connectivity index (χ1n) is 8.88. The number of aromatic nitrogens is 1. The first-order chi connectivity index (χ1) is 12.6. The lowest BCUT2D eigenvalue weighted by Crippen LogP contribution is -2.22. The van der Waals surface area contributed by atoms with Crippen molar-refractivity contribution < 1.29 is 14.3 Å². The summed E-state index contributed by atoms with van der Waals surface area (Å²) in [6.07, 6.45) is 3.27. The predicted molar refractivity (Wildman–Crippen MR) is 103 cm³/mol. The third-order valence-corrected chi connectivity index (χ3v) is 4.06. The van der Waals surface area contributed by atoms with Crippen molar-refractivity contribution in [3.05, 3.63) is 48.2 Å². The van der Waals surface area contributed by atoms with Crippen LogP contribution in [0.1, 0.15) is 44.0 Å². The highest BCUT2D eigenvalue weighted by molar-refractivity contribution is 5.91. The number of esters is 1. The van der Waals surface area contributed by atoms with Gasteiger partial charge in [0.25, 0.3) is 0 Å². The minimum absolute atomic E-state index is 0.00207. The Labute approximate surface area is 154 Å². The van der Waals surface area contributed by atoms with Crippen molar-refractivity contribution in [1.29, 1.82) is 0 Å². The minimum atomic E-state index is -0.335. The number of carbonyl (C=O) groups is 2. The van der Waals surface area contributed by atoms with Crippen LogP contribution in [0.15, 0.2) is 42.6 Å². The average Bonchev–Trinajstić information content (AvgIpc) is 2.65. The highest BCUT2D eigenvalue weighted by Gasteiger charge is 2.14. The van der Waals surface area contributed by atoms with Crippen LogP contribution in [-0.2, 0) is 9.53 Å². The molecule has 6 nitrogen and oxygen atoms in total. The number of amides is 1. The molecule has 1 heterocycles. The Balaban J connectivity index is 1.96. The second-order valence-corrected chi connectivity index (χ2v) is 5.86. The molecule has 2 rings (SSSR count). The Hall–Kier alpha value is -2.89. The van der Waals surface area contributed by atoms with Crippen LogP contribution in [0, 0.1) is 5.92 Å². The zero-order valence-electron chi connectivity index (χ0n) is 15.4. The summed E-state index contributed by atoms with van der Waals surface area (Å²) in [5.74, 6) is 0.202. The quantitative estimate of drug-likeness (QED) is 0.687. The van der Waals surface area contributed by atoms with Gasteiger partial charge < -0.3 is 15.4 Å². The summed E-state index contributed by atoms with van der Waals surface area (Å²) in [6.45, 7) is 6.13. The largest absolute Gasteiger partial charge is 0.462 e. The highest BCUT2D eigenvalue weighted by atomic mass is 16.5. The molecule has 6 heteroatoms. The molecular formula is C20H25N3O3. The average molecular weight is 355 g/mol. The molecule has 0 unspecified atom stereocenters. The van der Waals surface area contributed by atoms with Crippen molar-refractivity contribution >= 4 is 29.1 Å². The Morgan fingerprint density at radius 1 is 1.00 bits per heavy atom. The minimum Gasteiger partial charge on any atom is -0.462 e. The third-order valence-electron chi connectivity index (χ3n) is 4.06. The Kier molecular flexibility index (Phi) is 7.14. The van der Waals surface area contributed by atoms with E-state index in [1.807, 2.05) is 19.9 Å². The van der Waals surface area contributed by atoms with Gasteiger partial charge in [-0.25, -0.2) is 9.78 Å². The lowest BCUT2D eigenvalue weighted by Gasteiger charge is -2.12. The van der Waals surface area contributed by atoms with E-state index >= 15 is 0 Å². The number of anilines is 3. The van der Waals surface area contributed by atoms with Crippen LogP contribution >= 0.6 is 0 Å². The molecule has 2 N–H and O–H groups in total. The Morgan fingerprint density at radius 3 is 2.19 bits per heavy atom. The molecule has 138 valence electrons. The summed E-state index contributed by atoms with van der Waals surface area (Å²) in [6, 6.07) is 10.6. The topological polar surface area (TPSA) is 80.3 Å². The maximum atomic E-state index is 12.1. The van der Waals surface area contributed by atoms with Crippen LogP contribution in [-0.4, -0.2) is 23.5 Å². The molecule has 0 aliphatic heterocycles. The lowest BCUT2D eigenvalue weighted by molar-refractivity contribution is -0.120. The summed E-state index contributed by atoms with van der Waals surface area (Å²) in [5, 5.41) is 6.04. The van der Waals surface area contributed by atoms with E-state index in [2.05, 4.69) is 15.6 Å². The number of ether oxygens (including phenoxy) is 1. The smallest absolute Gasteiger partial charge is 0.338 e. The van der Waals surface area contributed by atoms with Crippen molar-refractivity contribution in [2.45, 2.75) is 33.6 Å². The van der Waals surface area contributed by atoms with Gasteiger partial charge in [0.1, 0.15) is 5.82 Å². The third kappa shape index (κ3) is 5.31. The molecule has 1 aromatic carbocycles. The SMILES string of the molecule is CCOC(=O)c1ccc(Nc2ccc(NC(=O)C(CC)CC)nc2)cc1. The van der Waals surface area contributed by atoms with Crippen molar-refractivity contribution in [2.24, 2.45) is 5.92 Å². The van der Waals surface area contributed by atoms with Crippen LogP contribution in [0.3, 0.4) is 0 Å². The van der Waals surface area contributed by atoms with Crippen LogP contribution in [0.5, 0.6) is 0 Å². The normalized spacial score (nSPS) is 10.5. The van der Waals surface area contributed by atoms with Gasteiger partial charge >= 0.3 is 5.97 Å². The van der Waals surface area contributed by atoms with Crippen LogP contribution < -0.4 is 10.6 Å². The number of rotatable bonds is 8. The van der Waals surface area contributed by atoms with Gasteiger partial charge in [0.05, 0.1) is 24.1 Å². The number of nitrogens with zero attached hydrogens (tertiary/aromatic N) is 1. The fourth-order valence-electron chi connectivity index (χ4n) is 2.50. The van der Waals surface area contributed by atoms with E-state index in [1.165, 1.54) is 0 Å². The first kappa shape index (κ1) is 19.4. The van der Waals surface area contributed by atoms with E-state index in [9.17, 15) is 9.59 Å². The van der Waals surface area contributed by atoms with Crippen LogP contribution in [0.2, 0.25) is 0 Å². The molecule has 0 saturated carbocycles. The maximum Gasteiger partial charge on any atom is 0.338 e. The van der Waals surface area contributed by atoms with Gasteiger partial charge in [-0.05, 0) is 56.2 Å². The van der Waals surface area contributed by atoms with E-state index in [4.69, 9.17) is 4.74 Å². The molecule has 0 bridgehead atoms. The maximum absolute atomic E-state index is 12.1. The van der Waals surface area contributed by atoms with Crippen molar-refractivity contribution in [3.8, 4) is 0 Å². The lowest BCUT2D eigenvalue weighted by atomic mass is 10.0. The number of carbonyl (C=O) groups excluding carboxylic acids is 2. The monoisotopic (exact) mass is 355 g/mol. The number of nitrogens with one attached hydrogen (secondary N) is 2. The molecule has 1 aromatic heterocycles. The van der Waals surface area contributed by atoms with Crippen LogP contribution in [0.4, 0.5) is 17.2 Å². The van der Waals surface area contributed by atoms with Crippen molar-refractivity contribution in [2.75, 3.05) is 17.2 Å². The standard InChI is InChI=1S/C20H25N3O3/c1-4-14(5-2)19(24)23-18-12-11-17(13-21-18)22-16-9-7-15(8-10-16)20(25)26-6-3/h7-14,22H,4-6H2,1-3H3,(H,21,23,24). The molecule has 2 aromatic rings. The van der Waals surface area contributed by atoms with Crippen molar-refractivity contribution in [3.63, 3.8) is 0 Å². The summed E-state index contributed by atoms with van der Waals surface area (Å²) >= 11 is 0. The predicted octanol–water partition coefficient (Wildman–Crippen LogP) is 4.38. The highest BCUT2D eigenvalue weighted by Crippen LogP contribution is 2.19. The summed E-state index contributed by atoms with van der Waals surface area (Å²) < 4.78 is 4.96. The zero-order chi connectivity index (χ0) is 18.9. The Morgan fingerprint density at radius 2 is 1.65 bits per heavy atom. The molecule has 0 saturated heterocycles. The number of hydrogen-bond donors (Lipinski definition) is 2. The van der Waals surface area contributed by atoms with E-state index in [-0.39, 0.29) is 17.8 Å². The van der Waals surface area contributed by atoms with Gasteiger partial charge in [0, 0.05) is 11.6 Å². The fraction of sp³-hybridized carbons (Fsp3) is 0.350. The summed E-state index contributed by atoms with van der Waals surface area (Å²) in [4.78, 5) is 28.0. The summed E-state index contributed by atoms with van der Waals surface area (Å²) in [5.41, 5.74) is 2.12. The van der Waals surface area contributed by atoms with Crippen LogP contribution in [0.25, 0.3) is 0 Å². The van der Waals surface area contributed by atoms with Gasteiger partial charge in [-0.3, -0.25) is 4.79 Å². The summed E-state index contributed by atoms with van der Waals surface area (Å²) in [7, 11) is 0. The van der Waals surface area contributed by atoms with Gasteiger partial charge in [0.2, 0.25) is 5.91 Å². The molecule has 26 heavy (non-hydrogen) atoms. The van der Waals surface area contributed by atoms with E-state index in [0.29, 0.717) is 18.0 Å². The van der Waals surface area contributed by atoms with Crippen molar-refractivity contribution in [1.82, 2.24) is 4.98 Å². The number of pyridine rings is 1. The molecule has 0 radical (unpaired) electrons. The second kappa shape index (κ2) is 9.56. The fourth-order valence-corrected chi connectivity index (χ4v) is 2.50. The second-order valence-electron chi connectivity index (χ2n) is 5.86. The van der Waals surface area contributed by atoms with E-state index in [1.54, 1.807) is 43.5 Å².